The van der Waals surface area contributed by atoms with Crippen LogP contribution in [0, 0.1) is 0 Å². The predicted octanol–water partition coefficient (Wildman–Crippen LogP) is 2.57. The summed E-state index contributed by atoms with van der Waals surface area (Å²) >= 11 is 0. The third kappa shape index (κ3) is 4.06. The number of sulfonamides is 1. The van der Waals surface area contributed by atoms with Gasteiger partial charge in [0.25, 0.3) is 5.56 Å². The van der Waals surface area contributed by atoms with Crippen molar-refractivity contribution in [2.75, 3.05) is 23.4 Å². The molecule has 1 aliphatic heterocycles. The third-order valence-corrected chi connectivity index (χ3v) is 6.74. The van der Waals surface area contributed by atoms with Gasteiger partial charge in [-0.05, 0) is 46.7 Å². The second-order valence-corrected chi connectivity index (χ2v) is 11.1. The van der Waals surface area contributed by atoms with E-state index in [0.29, 0.717) is 22.7 Å². The van der Waals surface area contributed by atoms with Crippen LogP contribution in [0.2, 0.25) is 0 Å². The van der Waals surface area contributed by atoms with Gasteiger partial charge in [0.05, 0.1) is 18.6 Å². The molecule has 0 bridgehead atoms. The van der Waals surface area contributed by atoms with Crippen molar-refractivity contribution in [2.24, 2.45) is 0 Å². The number of nitrogens with one attached hydrogen (secondary N) is 1. The van der Waals surface area contributed by atoms with E-state index in [0.717, 1.165) is 39.5 Å². The monoisotopic (exact) mass is 492 g/mol. The SMILES string of the molecule is CC1(C)COc2c(-c3ccc4cc(NS(C)(=O)=O)ccc4c3)cc(-n3ccc(=O)n(N)c3=O)cc21. The van der Waals surface area contributed by atoms with Gasteiger partial charge in [-0.25, -0.2) is 13.2 Å². The topological polar surface area (TPSA) is 125 Å². The second-order valence-electron chi connectivity index (χ2n) is 9.37. The van der Waals surface area contributed by atoms with Gasteiger partial charge < -0.3 is 10.6 Å². The molecule has 5 rings (SSSR count). The molecule has 1 aliphatic rings. The molecule has 1 aromatic heterocycles. The van der Waals surface area contributed by atoms with E-state index in [-0.39, 0.29) is 5.41 Å². The zero-order valence-corrected chi connectivity index (χ0v) is 20.2. The lowest BCUT2D eigenvalue weighted by atomic mass is 9.84. The molecule has 0 amide bonds. The summed E-state index contributed by atoms with van der Waals surface area (Å²) in [6, 6.07) is 16.1. The van der Waals surface area contributed by atoms with Crippen molar-refractivity contribution in [3.05, 3.63) is 87.2 Å². The van der Waals surface area contributed by atoms with E-state index in [2.05, 4.69) is 18.6 Å². The Labute approximate surface area is 201 Å². The highest BCUT2D eigenvalue weighted by atomic mass is 32.2. The lowest BCUT2D eigenvalue weighted by Crippen LogP contribution is -2.43. The Kier molecular flexibility index (Phi) is 5.03. The van der Waals surface area contributed by atoms with Gasteiger partial charge >= 0.3 is 5.69 Å². The molecule has 0 unspecified atom stereocenters. The van der Waals surface area contributed by atoms with Crippen LogP contribution in [0.25, 0.3) is 27.6 Å². The Balaban J connectivity index is 1.70. The van der Waals surface area contributed by atoms with Gasteiger partial charge in [0, 0.05) is 34.5 Å². The highest BCUT2D eigenvalue weighted by molar-refractivity contribution is 7.92. The summed E-state index contributed by atoms with van der Waals surface area (Å²) < 4.78 is 33.7. The number of nitrogens with zero attached hydrogens (tertiary/aromatic N) is 2. The molecule has 180 valence electrons. The normalized spacial score (nSPS) is 14.5. The summed E-state index contributed by atoms with van der Waals surface area (Å²) in [6.07, 6.45) is 2.52. The van der Waals surface area contributed by atoms with E-state index < -0.39 is 21.3 Å². The predicted molar refractivity (Wildman–Crippen MR) is 136 cm³/mol. The maximum Gasteiger partial charge on any atom is 0.354 e. The molecule has 2 heterocycles. The molecule has 0 fully saturated rings. The molecular weight excluding hydrogens is 468 g/mol. The van der Waals surface area contributed by atoms with Crippen LogP contribution in [0.3, 0.4) is 0 Å². The molecule has 0 aliphatic carbocycles. The summed E-state index contributed by atoms with van der Waals surface area (Å²) in [5.74, 6) is 6.39. The largest absolute Gasteiger partial charge is 0.492 e. The van der Waals surface area contributed by atoms with Gasteiger partial charge in [-0.1, -0.05) is 32.0 Å². The van der Waals surface area contributed by atoms with Gasteiger partial charge in [0.15, 0.2) is 0 Å². The van der Waals surface area contributed by atoms with Crippen LogP contribution in [0.15, 0.2) is 70.4 Å². The third-order valence-electron chi connectivity index (χ3n) is 6.13. The number of nitrogen functional groups attached to an aromatic ring is 1. The van der Waals surface area contributed by atoms with E-state index >= 15 is 0 Å². The molecule has 9 nitrogen and oxygen atoms in total. The first kappa shape index (κ1) is 22.7. The van der Waals surface area contributed by atoms with E-state index in [1.54, 1.807) is 12.1 Å². The number of aromatic nitrogens is 2. The molecule has 4 aromatic rings. The van der Waals surface area contributed by atoms with Crippen LogP contribution in [0.4, 0.5) is 5.69 Å². The number of ether oxygens (including phenoxy) is 1. The molecular formula is C25H24N4O5S. The Hall–Kier alpha value is -4.05. The molecule has 0 saturated heterocycles. The standard InChI is InChI=1S/C25H24N4O5S/c1-25(2)14-34-23-20(12-19(13-21(23)25)28-9-8-22(30)29(26)24(28)31)17-5-4-16-11-18(27-35(3,32)33)7-6-15(16)10-17/h4-13,27H,14,26H2,1-3H3. The van der Waals surface area contributed by atoms with Gasteiger partial charge in [-0.3, -0.25) is 14.1 Å². The maximum absolute atomic E-state index is 12.7. The van der Waals surface area contributed by atoms with Crippen LogP contribution >= 0.6 is 0 Å². The van der Waals surface area contributed by atoms with Crippen molar-refractivity contribution < 1.29 is 13.2 Å². The van der Waals surface area contributed by atoms with Crippen molar-refractivity contribution in [2.45, 2.75) is 19.3 Å². The fourth-order valence-electron chi connectivity index (χ4n) is 4.34. The summed E-state index contributed by atoms with van der Waals surface area (Å²) in [4.78, 5) is 24.5. The average molecular weight is 493 g/mol. The minimum absolute atomic E-state index is 0.288. The first-order valence-corrected chi connectivity index (χ1v) is 12.8. The Bertz CT molecular complexity index is 1740. The molecule has 3 aromatic carbocycles. The minimum atomic E-state index is -3.38. The van der Waals surface area contributed by atoms with E-state index in [4.69, 9.17) is 10.6 Å². The van der Waals surface area contributed by atoms with Crippen LogP contribution in [0.1, 0.15) is 19.4 Å². The zero-order chi connectivity index (χ0) is 25.1. The Morgan fingerprint density at radius 2 is 1.71 bits per heavy atom. The fourth-order valence-corrected chi connectivity index (χ4v) is 4.89. The zero-order valence-electron chi connectivity index (χ0n) is 19.4. The Morgan fingerprint density at radius 3 is 2.46 bits per heavy atom. The molecule has 3 N–H and O–H groups in total. The first-order valence-electron chi connectivity index (χ1n) is 10.9. The number of hydrogen-bond acceptors (Lipinski definition) is 6. The number of hydrogen-bond donors (Lipinski definition) is 2. The number of benzene rings is 3. The molecule has 0 saturated carbocycles. The van der Waals surface area contributed by atoms with Crippen LogP contribution in [-0.2, 0) is 15.4 Å². The lowest BCUT2D eigenvalue weighted by molar-refractivity contribution is 0.292. The lowest BCUT2D eigenvalue weighted by Gasteiger charge is -2.18. The van der Waals surface area contributed by atoms with Crippen LogP contribution < -0.4 is 26.6 Å². The summed E-state index contributed by atoms with van der Waals surface area (Å²) in [5.41, 5.74) is 2.13. The maximum atomic E-state index is 12.7. The second kappa shape index (κ2) is 7.74. The quantitative estimate of drug-likeness (QED) is 0.422. The highest BCUT2D eigenvalue weighted by Crippen LogP contribution is 2.46. The minimum Gasteiger partial charge on any atom is -0.492 e. The molecule has 10 heteroatoms. The summed E-state index contributed by atoms with van der Waals surface area (Å²) in [7, 11) is -3.38. The van der Waals surface area contributed by atoms with Crippen molar-refractivity contribution in [3.8, 4) is 22.6 Å². The van der Waals surface area contributed by atoms with Crippen molar-refractivity contribution in [3.63, 3.8) is 0 Å². The summed E-state index contributed by atoms with van der Waals surface area (Å²) in [6.45, 7) is 4.61. The average Bonchev–Trinajstić information content (AvgIpc) is 3.10. The molecule has 35 heavy (non-hydrogen) atoms. The van der Waals surface area contributed by atoms with E-state index in [1.807, 2.05) is 36.4 Å². The van der Waals surface area contributed by atoms with Crippen molar-refractivity contribution in [1.82, 2.24) is 9.24 Å². The van der Waals surface area contributed by atoms with Gasteiger partial charge in [-0.15, -0.1) is 0 Å². The van der Waals surface area contributed by atoms with Gasteiger partial charge in [-0.2, -0.15) is 4.68 Å². The van der Waals surface area contributed by atoms with Gasteiger partial charge in [0.2, 0.25) is 10.0 Å². The van der Waals surface area contributed by atoms with Crippen LogP contribution in [0.5, 0.6) is 5.75 Å². The van der Waals surface area contributed by atoms with Crippen molar-refractivity contribution in [1.29, 1.82) is 0 Å². The smallest absolute Gasteiger partial charge is 0.354 e. The molecule has 0 spiro atoms. The fraction of sp³-hybridized carbons (Fsp3) is 0.200. The molecule has 0 radical (unpaired) electrons. The first-order chi connectivity index (χ1) is 16.4. The van der Waals surface area contributed by atoms with E-state index in [1.165, 1.54) is 16.8 Å². The molecule has 0 atom stereocenters. The van der Waals surface area contributed by atoms with Crippen LogP contribution in [-0.4, -0.2) is 30.5 Å². The number of fused-ring (bicyclic) bond motifs is 2. The van der Waals surface area contributed by atoms with Gasteiger partial charge in [0.1, 0.15) is 5.75 Å². The number of anilines is 1. The summed E-state index contributed by atoms with van der Waals surface area (Å²) in [5, 5.41) is 1.77. The number of rotatable bonds is 4. The number of nitrogens with two attached hydrogens (primary N) is 1. The van der Waals surface area contributed by atoms with Crippen molar-refractivity contribution >= 4 is 26.5 Å². The van der Waals surface area contributed by atoms with E-state index in [9.17, 15) is 18.0 Å². The highest BCUT2D eigenvalue weighted by Gasteiger charge is 2.34. The Morgan fingerprint density at radius 1 is 1.00 bits per heavy atom.